The van der Waals surface area contributed by atoms with Crippen LogP contribution in [-0.2, 0) is 6.61 Å². The molecule has 0 aliphatic heterocycles. The topological polar surface area (TPSA) is 77.2 Å². The smallest absolute Gasteiger partial charge is 0.259 e. The predicted molar refractivity (Wildman–Crippen MR) is 117 cm³/mol. The molecule has 1 aromatic heterocycles. The zero-order valence-electron chi connectivity index (χ0n) is 16.8. The van der Waals surface area contributed by atoms with E-state index < -0.39 is 0 Å². The highest BCUT2D eigenvalue weighted by Gasteiger charge is 2.13. The summed E-state index contributed by atoms with van der Waals surface area (Å²) < 4.78 is 10.7. The first kappa shape index (κ1) is 19.9. The molecular formula is C25H19N3O3. The second-order valence-corrected chi connectivity index (χ2v) is 6.67. The van der Waals surface area contributed by atoms with Crippen molar-refractivity contribution in [1.82, 2.24) is 10.1 Å². The summed E-state index contributed by atoms with van der Waals surface area (Å²) in [4.78, 5) is 17.0. The first-order valence-electron chi connectivity index (χ1n) is 9.67. The highest BCUT2D eigenvalue weighted by molar-refractivity contribution is 6.06. The van der Waals surface area contributed by atoms with Crippen molar-refractivity contribution in [2.45, 2.75) is 13.5 Å². The Morgan fingerprint density at radius 1 is 0.968 bits per heavy atom. The number of hydrogen-bond acceptors (Lipinski definition) is 5. The number of nitrogens with one attached hydrogen (secondary N) is 1. The van der Waals surface area contributed by atoms with Crippen molar-refractivity contribution in [3.63, 3.8) is 0 Å². The maximum atomic E-state index is 12.9. The number of carbonyl (C=O) groups excluding carboxylic acids is 1. The number of aromatic nitrogens is 2. The molecule has 4 aromatic rings. The fourth-order valence-electron chi connectivity index (χ4n) is 2.86. The van der Waals surface area contributed by atoms with Crippen molar-refractivity contribution < 1.29 is 14.1 Å². The van der Waals surface area contributed by atoms with Crippen LogP contribution >= 0.6 is 0 Å². The Morgan fingerprint density at radius 3 is 2.52 bits per heavy atom. The molecule has 4 rings (SSSR count). The van der Waals surface area contributed by atoms with Crippen molar-refractivity contribution in [1.29, 1.82) is 0 Å². The SMILES string of the molecule is Cc1nc(COc2ccccc2C(=O)Nc2cccc(C#Cc3ccccc3)c2)no1. The predicted octanol–water partition coefficient (Wildman–Crippen LogP) is 4.61. The number of amides is 1. The minimum atomic E-state index is -0.284. The number of anilines is 1. The minimum absolute atomic E-state index is 0.103. The third-order valence-electron chi connectivity index (χ3n) is 4.30. The van der Waals surface area contributed by atoms with Gasteiger partial charge in [0.25, 0.3) is 5.91 Å². The van der Waals surface area contributed by atoms with Crippen molar-refractivity contribution in [2.24, 2.45) is 0 Å². The maximum absolute atomic E-state index is 12.9. The Labute approximate surface area is 179 Å². The number of rotatable bonds is 5. The van der Waals surface area contributed by atoms with E-state index in [0.29, 0.717) is 28.7 Å². The van der Waals surface area contributed by atoms with Gasteiger partial charge in [-0.2, -0.15) is 4.98 Å². The molecule has 0 aliphatic carbocycles. The zero-order chi connectivity index (χ0) is 21.5. The van der Waals surface area contributed by atoms with Gasteiger partial charge in [0.2, 0.25) is 11.7 Å². The van der Waals surface area contributed by atoms with Gasteiger partial charge in [-0.1, -0.05) is 53.4 Å². The summed E-state index contributed by atoms with van der Waals surface area (Å²) >= 11 is 0. The third kappa shape index (κ3) is 5.37. The number of aryl methyl sites for hydroxylation is 1. The van der Waals surface area contributed by atoms with Crippen LogP contribution in [-0.4, -0.2) is 16.0 Å². The lowest BCUT2D eigenvalue weighted by Crippen LogP contribution is -2.14. The van der Waals surface area contributed by atoms with Gasteiger partial charge in [-0.15, -0.1) is 0 Å². The Bertz CT molecular complexity index is 1250. The Hall–Kier alpha value is -4.37. The van der Waals surface area contributed by atoms with E-state index >= 15 is 0 Å². The Morgan fingerprint density at radius 2 is 1.71 bits per heavy atom. The van der Waals surface area contributed by atoms with E-state index in [0.717, 1.165) is 11.1 Å². The lowest BCUT2D eigenvalue weighted by Gasteiger charge is -2.11. The number of ether oxygens (including phenoxy) is 1. The third-order valence-corrected chi connectivity index (χ3v) is 4.30. The Balaban J connectivity index is 1.47. The van der Waals surface area contributed by atoms with Crippen molar-refractivity contribution in [3.05, 3.63) is 107 Å². The highest BCUT2D eigenvalue weighted by Crippen LogP contribution is 2.21. The van der Waals surface area contributed by atoms with Gasteiger partial charge in [-0.05, 0) is 42.5 Å². The molecule has 0 fully saturated rings. The summed E-state index contributed by atoms with van der Waals surface area (Å²) in [6, 6.07) is 24.1. The number of hydrogen-bond donors (Lipinski definition) is 1. The monoisotopic (exact) mass is 409 g/mol. The standard InChI is InChI=1S/C25H19N3O3/c1-18-26-24(28-31-18)17-30-23-13-6-5-12-22(23)25(29)27-21-11-7-10-20(16-21)15-14-19-8-3-2-4-9-19/h2-13,16H,17H2,1H3,(H,27,29). The largest absolute Gasteiger partial charge is 0.485 e. The van der Waals surface area contributed by atoms with Gasteiger partial charge >= 0.3 is 0 Å². The van der Waals surface area contributed by atoms with E-state index in [4.69, 9.17) is 9.26 Å². The fourth-order valence-corrected chi connectivity index (χ4v) is 2.86. The van der Waals surface area contributed by atoms with Gasteiger partial charge in [0.1, 0.15) is 5.75 Å². The van der Waals surface area contributed by atoms with E-state index in [2.05, 4.69) is 27.3 Å². The molecule has 0 bridgehead atoms. The summed E-state index contributed by atoms with van der Waals surface area (Å²) in [6.45, 7) is 1.81. The van der Waals surface area contributed by atoms with Crippen LogP contribution < -0.4 is 10.1 Å². The fraction of sp³-hybridized carbons (Fsp3) is 0.0800. The van der Waals surface area contributed by atoms with Gasteiger partial charge in [-0.25, -0.2) is 0 Å². The highest BCUT2D eigenvalue weighted by atomic mass is 16.5. The molecule has 6 nitrogen and oxygen atoms in total. The van der Waals surface area contributed by atoms with Crippen LogP contribution in [0.25, 0.3) is 0 Å². The number of benzene rings is 3. The number of carbonyl (C=O) groups is 1. The molecule has 3 aromatic carbocycles. The molecule has 0 unspecified atom stereocenters. The van der Waals surface area contributed by atoms with Crippen LogP contribution in [0.5, 0.6) is 5.75 Å². The zero-order valence-corrected chi connectivity index (χ0v) is 16.8. The van der Waals surface area contributed by atoms with Crippen molar-refractivity contribution in [2.75, 3.05) is 5.32 Å². The van der Waals surface area contributed by atoms with Gasteiger partial charge in [0.15, 0.2) is 6.61 Å². The van der Waals surface area contributed by atoms with E-state index in [-0.39, 0.29) is 12.5 Å². The molecule has 152 valence electrons. The molecule has 0 aliphatic rings. The minimum Gasteiger partial charge on any atom is -0.485 e. The van der Waals surface area contributed by atoms with Gasteiger partial charge < -0.3 is 14.6 Å². The van der Waals surface area contributed by atoms with E-state index in [1.807, 2.05) is 54.6 Å². The van der Waals surface area contributed by atoms with Gasteiger partial charge in [0, 0.05) is 23.7 Å². The lowest BCUT2D eigenvalue weighted by atomic mass is 10.1. The summed E-state index contributed by atoms with van der Waals surface area (Å²) in [5.74, 6) is 7.25. The average molecular weight is 409 g/mol. The number of para-hydroxylation sites is 1. The van der Waals surface area contributed by atoms with Crippen molar-refractivity contribution in [3.8, 4) is 17.6 Å². The van der Waals surface area contributed by atoms with Crippen LogP contribution in [0.1, 0.15) is 33.2 Å². The molecule has 1 amide bonds. The molecule has 31 heavy (non-hydrogen) atoms. The van der Waals surface area contributed by atoms with Crippen LogP contribution in [0.4, 0.5) is 5.69 Å². The molecule has 0 saturated carbocycles. The second kappa shape index (κ2) is 9.42. The van der Waals surface area contributed by atoms with Gasteiger partial charge in [-0.3, -0.25) is 4.79 Å². The van der Waals surface area contributed by atoms with Crippen LogP contribution in [0.3, 0.4) is 0 Å². The molecular weight excluding hydrogens is 390 g/mol. The maximum Gasteiger partial charge on any atom is 0.259 e. The molecule has 0 saturated heterocycles. The first-order chi connectivity index (χ1) is 15.2. The van der Waals surface area contributed by atoms with Crippen LogP contribution in [0.15, 0.2) is 83.4 Å². The Kier molecular flexibility index (Phi) is 6.05. The van der Waals surface area contributed by atoms with E-state index in [9.17, 15) is 4.79 Å². The van der Waals surface area contributed by atoms with Crippen molar-refractivity contribution >= 4 is 11.6 Å². The van der Waals surface area contributed by atoms with E-state index in [1.54, 1.807) is 31.2 Å². The van der Waals surface area contributed by atoms with Crippen LogP contribution in [0.2, 0.25) is 0 Å². The summed E-state index contributed by atoms with van der Waals surface area (Å²) in [7, 11) is 0. The summed E-state index contributed by atoms with van der Waals surface area (Å²) in [5, 5.41) is 6.70. The molecule has 6 heteroatoms. The van der Waals surface area contributed by atoms with E-state index in [1.165, 1.54) is 0 Å². The summed E-state index contributed by atoms with van der Waals surface area (Å²) in [5.41, 5.74) is 2.79. The first-order valence-corrected chi connectivity index (χ1v) is 9.67. The van der Waals surface area contributed by atoms with Gasteiger partial charge in [0.05, 0.1) is 5.56 Å². The quantitative estimate of drug-likeness (QED) is 0.487. The molecule has 0 atom stereocenters. The number of nitrogens with zero attached hydrogens (tertiary/aromatic N) is 2. The normalized spacial score (nSPS) is 10.1. The lowest BCUT2D eigenvalue weighted by molar-refractivity contribution is 0.102. The summed E-state index contributed by atoms with van der Waals surface area (Å²) in [6.07, 6.45) is 0. The second-order valence-electron chi connectivity index (χ2n) is 6.67. The molecule has 1 N–H and O–H groups in total. The molecule has 0 spiro atoms. The van der Waals surface area contributed by atoms with Crippen LogP contribution in [0, 0.1) is 18.8 Å². The molecule has 0 radical (unpaired) electrons. The molecule has 1 heterocycles. The average Bonchev–Trinajstić information content (AvgIpc) is 3.22.